The minimum atomic E-state index is -0.750. The van der Waals surface area contributed by atoms with Gasteiger partial charge in [-0.05, 0) is 54.1 Å². The first kappa shape index (κ1) is 20.5. The molecule has 0 aromatic rings. The molecule has 3 aliphatic carbocycles. The molecule has 0 aromatic heterocycles. The van der Waals surface area contributed by atoms with E-state index in [1.54, 1.807) is 0 Å². The van der Waals surface area contributed by atoms with Gasteiger partial charge in [0.2, 0.25) is 0 Å². The van der Waals surface area contributed by atoms with Gasteiger partial charge in [0.1, 0.15) is 5.76 Å². The van der Waals surface area contributed by atoms with Crippen LogP contribution in [0.2, 0.25) is 0 Å². The summed E-state index contributed by atoms with van der Waals surface area (Å²) in [7, 11) is 2.69. The quantitative estimate of drug-likeness (QED) is 0.630. The molecule has 0 N–H and O–H groups in total. The summed E-state index contributed by atoms with van der Waals surface area (Å²) >= 11 is 0. The molecule has 160 valence electrons. The van der Waals surface area contributed by atoms with Crippen LogP contribution in [0.4, 0.5) is 4.79 Å². The fraction of sp³-hybridized carbons (Fsp3) is 0.739. The Morgan fingerprint density at radius 3 is 2.45 bits per heavy atom. The zero-order valence-corrected chi connectivity index (χ0v) is 18.3. The summed E-state index contributed by atoms with van der Waals surface area (Å²) in [5.41, 5.74) is 2.24. The van der Waals surface area contributed by atoms with Crippen molar-refractivity contribution in [2.75, 3.05) is 20.8 Å². The summed E-state index contributed by atoms with van der Waals surface area (Å²) in [6.45, 7) is 9.57. The van der Waals surface area contributed by atoms with Crippen LogP contribution in [0.3, 0.4) is 0 Å². The van der Waals surface area contributed by atoms with Gasteiger partial charge in [-0.3, -0.25) is 0 Å². The number of methoxy groups -OCH3 is 2. The van der Waals surface area contributed by atoms with Crippen molar-refractivity contribution in [1.82, 2.24) is 0 Å². The van der Waals surface area contributed by atoms with Crippen molar-refractivity contribution in [1.29, 1.82) is 0 Å². The van der Waals surface area contributed by atoms with E-state index in [2.05, 4.69) is 27.7 Å². The zero-order valence-electron chi connectivity index (χ0n) is 18.3. The standard InChI is InChI=1S/C23H32O6/c1-21(2)8-7-9-22(3)16(21)11-17-23(4)14(12-28-17)13(19(24)26-5)10-15(18(22)23)29-20(25)27-6/h16-17H,7-12H2,1-6H3/t16-,17+,22-,23+/m0/s1. The van der Waals surface area contributed by atoms with E-state index in [1.165, 1.54) is 20.6 Å². The van der Waals surface area contributed by atoms with E-state index >= 15 is 0 Å². The molecule has 6 nitrogen and oxygen atoms in total. The fourth-order valence-electron chi connectivity index (χ4n) is 7.03. The lowest BCUT2D eigenvalue weighted by Crippen LogP contribution is -2.56. The average Bonchev–Trinajstić information content (AvgIpc) is 2.99. The predicted molar refractivity (Wildman–Crippen MR) is 106 cm³/mol. The summed E-state index contributed by atoms with van der Waals surface area (Å²) in [5, 5.41) is 0. The summed E-state index contributed by atoms with van der Waals surface area (Å²) < 4.78 is 21.9. The van der Waals surface area contributed by atoms with Crippen molar-refractivity contribution in [2.45, 2.75) is 65.9 Å². The Kier molecular flexibility index (Phi) is 4.65. The minimum absolute atomic E-state index is 0.0425. The molecular formula is C23H32O6. The molecule has 4 rings (SSSR count). The number of hydrogen-bond acceptors (Lipinski definition) is 6. The molecular weight excluding hydrogens is 372 g/mol. The Morgan fingerprint density at radius 2 is 1.79 bits per heavy atom. The number of ether oxygens (including phenoxy) is 4. The van der Waals surface area contributed by atoms with Crippen LogP contribution >= 0.6 is 0 Å². The Bertz CT molecular complexity index is 821. The summed E-state index contributed by atoms with van der Waals surface area (Å²) in [6, 6.07) is 0. The van der Waals surface area contributed by atoms with Crippen LogP contribution in [0.1, 0.15) is 59.8 Å². The lowest BCUT2D eigenvalue weighted by atomic mass is 9.43. The largest absolute Gasteiger partial charge is 0.513 e. The van der Waals surface area contributed by atoms with Crippen molar-refractivity contribution >= 4 is 12.1 Å². The fourth-order valence-corrected chi connectivity index (χ4v) is 7.03. The minimum Gasteiger partial charge on any atom is -0.466 e. The van der Waals surface area contributed by atoms with Gasteiger partial charge >= 0.3 is 12.1 Å². The predicted octanol–water partition coefficient (Wildman–Crippen LogP) is 4.54. The number of hydrogen-bond donors (Lipinski definition) is 0. The first-order valence-corrected chi connectivity index (χ1v) is 10.5. The molecule has 0 spiro atoms. The Morgan fingerprint density at radius 1 is 1.07 bits per heavy atom. The van der Waals surface area contributed by atoms with Crippen LogP contribution in [0.25, 0.3) is 0 Å². The van der Waals surface area contributed by atoms with Crippen molar-refractivity contribution < 1.29 is 28.5 Å². The van der Waals surface area contributed by atoms with Crippen molar-refractivity contribution in [2.24, 2.45) is 22.2 Å². The van der Waals surface area contributed by atoms with Crippen LogP contribution in [0.15, 0.2) is 22.5 Å². The van der Waals surface area contributed by atoms with Gasteiger partial charge in [-0.25, -0.2) is 9.59 Å². The van der Waals surface area contributed by atoms with Gasteiger partial charge in [-0.1, -0.05) is 27.2 Å². The second-order valence-corrected chi connectivity index (χ2v) is 10.0. The van der Waals surface area contributed by atoms with Crippen LogP contribution in [-0.2, 0) is 23.7 Å². The number of fused-ring (bicyclic) bond motifs is 2. The zero-order chi connectivity index (χ0) is 21.2. The number of carbonyl (C=O) groups excluding carboxylic acids is 2. The van der Waals surface area contributed by atoms with Crippen LogP contribution in [0, 0.1) is 22.2 Å². The van der Waals surface area contributed by atoms with Gasteiger partial charge < -0.3 is 18.9 Å². The number of carbonyl (C=O) groups is 2. The first-order chi connectivity index (χ1) is 13.6. The molecule has 4 aliphatic rings. The molecule has 1 saturated heterocycles. The van der Waals surface area contributed by atoms with E-state index in [-0.39, 0.29) is 29.3 Å². The number of esters is 1. The Hall–Kier alpha value is -1.82. The van der Waals surface area contributed by atoms with Gasteiger partial charge in [0.25, 0.3) is 0 Å². The maximum absolute atomic E-state index is 12.6. The SMILES string of the molecule is COC(=O)OC1=C2[C@]3(C)C(=C(C(=O)OC)C1)CO[C@@H]3C[C@H]1C(C)(C)CCC[C@]21C. The smallest absolute Gasteiger partial charge is 0.466 e. The van der Waals surface area contributed by atoms with Crippen LogP contribution in [0.5, 0.6) is 0 Å². The monoisotopic (exact) mass is 404 g/mol. The number of allylic oxidation sites excluding steroid dienone is 1. The van der Waals surface area contributed by atoms with Crippen LogP contribution < -0.4 is 0 Å². The van der Waals surface area contributed by atoms with E-state index in [4.69, 9.17) is 18.9 Å². The highest BCUT2D eigenvalue weighted by atomic mass is 16.7. The molecule has 0 radical (unpaired) electrons. The molecule has 0 amide bonds. The van der Waals surface area contributed by atoms with E-state index < -0.39 is 11.6 Å². The van der Waals surface area contributed by atoms with E-state index in [9.17, 15) is 9.59 Å². The highest BCUT2D eigenvalue weighted by molar-refractivity contribution is 5.91. The third-order valence-electron chi connectivity index (χ3n) is 8.26. The van der Waals surface area contributed by atoms with Gasteiger partial charge in [-0.2, -0.15) is 0 Å². The van der Waals surface area contributed by atoms with Gasteiger partial charge in [0.15, 0.2) is 0 Å². The van der Waals surface area contributed by atoms with Gasteiger partial charge in [-0.15, -0.1) is 0 Å². The molecule has 0 bridgehead atoms. The van der Waals surface area contributed by atoms with Gasteiger partial charge in [0.05, 0.1) is 26.9 Å². The van der Waals surface area contributed by atoms with Crippen molar-refractivity contribution in [3.05, 3.63) is 22.5 Å². The third-order valence-corrected chi connectivity index (χ3v) is 8.26. The molecule has 29 heavy (non-hydrogen) atoms. The second-order valence-electron chi connectivity index (χ2n) is 10.0. The second kappa shape index (κ2) is 6.59. The summed E-state index contributed by atoms with van der Waals surface area (Å²) in [5.74, 6) is 0.572. The molecule has 6 heteroatoms. The molecule has 1 heterocycles. The topological polar surface area (TPSA) is 71.1 Å². The lowest BCUT2D eigenvalue weighted by molar-refractivity contribution is -0.136. The number of rotatable bonds is 2. The molecule has 2 saturated carbocycles. The maximum Gasteiger partial charge on any atom is 0.513 e. The normalized spacial score (nSPS) is 37.6. The summed E-state index contributed by atoms with van der Waals surface area (Å²) in [6.07, 6.45) is 3.72. The molecule has 1 aliphatic heterocycles. The third kappa shape index (κ3) is 2.71. The highest BCUT2D eigenvalue weighted by Gasteiger charge is 2.65. The lowest BCUT2D eigenvalue weighted by Gasteiger charge is -2.61. The van der Waals surface area contributed by atoms with E-state index in [0.717, 1.165) is 30.4 Å². The Balaban J connectivity index is 1.94. The average molecular weight is 405 g/mol. The van der Waals surface area contributed by atoms with E-state index in [1.807, 2.05) is 0 Å². The maximum atomic E-state index is 12.6. The molecule has 3 fully saturated rings. The van der Waals surface area contributed by atoms with Crippen molar-refractivity contribution in [3.8, 4) is 0 Å². The van der Waals surface area contributed by atoms with Crippen LogP contribution in [-0.4, -0.2) is 39.1 Å². The molecule has 0 unspecified atom stereocenters. The molecule has 0 aromatic carbocycles. The highest BCUT2D eigenvalue weighted by Crippen LogP contribution is 2.69. The Labute approximate surface area is 172 Å². The molecule has 4 atom stereocenters. The van der Waals surface area contributed by atoms with E-state index in [0.29, 0.717) is 23.9 Å². The first-order valence-electron chi connectivity index (χ1n) is 10.5. The van der Waals surface area contributed by atoms with Crippen molar-refractivity contribution in [3.63, 3.8) is 0 Å². The van der Waals surface area contributed by atoms with Gasteiger partial charge in [0, 0.05) is 17.4 Å². The summed E-state index contributed by atoms with van der Waals surface area (Å²) in [4.78, 5) is 24.7.